The van der Waals surface area contributed by atoms with Crippen molar-refractivity contribution in [1.82, 2.24) is 0 Å². The monoisotopic (exact) mass is 254 g/mol. The summed E-state index contributed by atoms with van der Waals surface area (Å²) >= 11 is 2.23. The topological polar surface area (TPSA) is 0 Å². The summed E-state index contributed by atoms with van der Waals surface area (Å²) in [5, 5.41) is 0.982. The van der Waals surface area contributed by atoms with Gasteiger partial charge in [0.2, 0.25) is 0 Å². The maximum Gasteiger partial charge on any atom is 0.00578 e. The van der Waals surface area contributed by atoms with Gasteiger partial charge in [0.25, 0.3) is 0 Å². The van der Waals surface area contributed by atoms with Crippen molar-refractivity contribution in [2.24, 2.45) is 22.2 Å². The van der Waals surface area contributed by atoms with Gasteiger partial charge in [-0.1, -0.05) is 41.5 Å². The summed E-state index contributed by atoms with van der Waals surface area (Å²) in [6, 6.07) is 0. The van der Waals surface area contributed by atoms with Gasteiger partial charge in [0.05, 0.1) is 0 Å². The first-order valence-corrected chi connectivity index (χ1v) is 8.26. The lowest BCUT2D eigenvalue weighted by atomic mass is 9.47. The standard InChI is InChI=1S/C16H30S/c1-14(2,3)11-17-13-9-16(10-13)7-12(8-16)15(4,5)6/h12-13H,7-11H2,1-6H3. The smallest absolute Gasteiger partial charge is 0.00578 e. The van der Waals surface area contributed by atoms with E-state index in [0.717, 1.165) is 16.6 Å². The molecule has 0 aromatic heterocycles. The molecule has 17 heavy (non-hydrogen) atoms. The fraction of sp³-hybridized carbons (Fsp3) is 1.00. The zero-order valence-corrected chi connectivity index (χ0v) is 13.4. The van der Waals surface area contributed by atoms with Gasteiger partial charge in [0, 0.05) is 5.25 Å². The van der Waals surface area contributed by atoms with E-state index in [0.29, 0.717) is 10.8 Å². The molecule has 0 bridgehead atoms. The minimum Gasteiger partial charge on any atom is -0.158 e. The highest BCUT2D eigenvalue weighted by Gasteiger charge is 2.55. The second kappa shape index (κ2) is 4.18. The molecule has 0 radical (unpaired) electrons. The van der Waals surface area contributed by atoms with E-state index in [4.69, 9.17) is 0 Å². The Hall–Kier alpha value is 0.350. The van der Waals surface area contributed by atoms with Crippen LogP contribution in [-0.4, -0.2) is 11.0 Å². The Morgan fingerprint density at radius 2 is 1.47 bits per heavy atom. The first-order chi connectivity index (χ1) is 7.60. The fourth-order valence-corrected chi connectivity index (χ4v) is 5.00. The molecular weight excluding hydrogens is 224 g/mol. The molecule has 2 fully saturated rings. The summed E-state index contributed by atoms with van der Waals surface area (Å²) in [6.45, 7) is 14.3. The van der Waals surface area contributed by atoms with Crippen LogP contribution in [0.4, 0.5) is 0 Å². The van der Waals surface area contributed by atoms with E-state index in [9.17, 15) is 0 Å². The van der Waals surface area contributed by atoms with Gasteiger partial charge in [-0.3, -0.25) is 0 Å². The summed E-state index contributed by atoms with van der Waals surface area (Å²) < 4.78 is 0. The van der Waals surface area contributed by atoms with Crippen LogP contribution in [0.5, 0.6) is 0 Å². The third kappa shape index (κ3) is 3.22. The van der Waals surface area contributed by atoms with Crippen LogP contribution in [-0.2, 0) is 0 Å². The average molecular weight is 254 g/mol. The molecule has 0 nitrogen and oxygen atoms in total. The van der Waals surface area contributed by atoms with Crippen LogP contribution in [0.25, 0.3) is 0 Å². The lowest BCUT2D eigenvalue weighted by Gasteiger charge is -2.61. The summed E-state index contributed by atoms with van der Waals surface area (Å²) in [5.41, 5.74) is 1.85. The van der Waals surface area contributed by atoms with Crippen molar-refractivity contribution in [1.29, 1.82) is 0 Å². The highest BCUT2D eigenvalue weighted by Crippen LogP contribution is 2.64. The van der Waals surface area contributed by atoms with Crippen molar-refractivity contribution < 1.29 is 0 Å². The summed E-state index contributed by atoms with van der Waals surface area (Å²) in [7, 11) is 0. The van der Waals surface area contributed by atoms with Crippen molar-refractivity contribution in [2.45, 2.75) is 72.5 Å². The Labute approximate surface area is 112 Å². The number of thioether (sulfide) groups is 1. The second-order valence-corrected chi connectivity index (χ2v) is 10.2. The van der Waals surface area contributed by atoms with Gasteiger partial charge >= 0.3 is 0 Å². The van der Waals surface area contributed by atoms with Crippen molar-refractivity contribution >= 4 is 11.8 Å². The van der Waals surface area contributed by atoms with E-state index in [1.165, 1.54) is 31.4 Å². The highest BCUT2D eigenvalue weighted by molar-refractivity contribution is 8.00. The lowest BCUT2D eigenvalue weighted by molar-refractivity contribution is -0.0659. The molecule has 100 valence electrons. The third-order valence-electron chi connectivity index (χ3n) is 4.66. The Balaban J connectivity index is 1.68. The predicted octanol–water partition coefficient (Wildman–Crippen LogP) is 5.37. The van der Waals surface area contributed by atoms with Crippen molar-refractivity contribution in [2.75, 3.05) is 5.75 Å². The van der Waals surface area contributed by atoms with E-state index < -0.39 is 0 Å². The molecule has 2 aliphatic carbocycles. The van der Waals surface area contributed by atoms with Crippen LogP contribution >= 0.6 is 11.8 Å². The van der Waals surface area contributed by atoms with Crippen LogP contribution in [0.3, 0.4) is 0 Å². The van der Waals surface area contributed by atoms with E-state index in [1.54, 1.807) is 0 Å². The number of hydrogen-bond acceptors (Lipinski definition) is 1. The second-order valence-electron chi connectivity index (χ2n) is 8.87. The van der Waals surface area contributed by atoms with Gasteiger partial charge in [-0.15, -0.1) is 0 Å². The molecule has 0 heterocycles. The van der Waals surface area contributed by atoms with E-state index in [-0.39, 0.29) is 0 Å². The largest absolute Gasteiger partial charge is 0.158 e. The van der Waals surface area contributed by atoms with Crippen LogP contribution in [0.2, 0.25) is 0 Å². The molecule has 2 rings (SSSR count). The molecule has 1 spiro atoms. The molecule has 1 heteroatoms. The van der Waals surface area contributed by atoms with E-state index in [2.05, 4.69) is 53.3 Å². The minimum atomic E-state index is 0.501. The average Bonchev–Trinajstić information content (AvgIpc) is 1.92. The van der Waals surface area contributed by atoms with Gasteiger partial charge in [-0.05, 0) is 53.6 Å². The molecule has 0 unspecified atom stereocenters. The van der Waals surface area contributed by atoms with Crippen LogP contribution < -0.4 is 0 Å². The van der Waals surface area contributed by atoms with Gasteiger partial charge in [-0.2, -0.15) is 11.8 Å². The van der Waals surface area contributed by atoms with Crippen LogP contribution in [0.1, 0.15) is 67.2 Å². The SMILES string of the molecule is CC(C)(C)CSC1CC2(C1)CC(C(C)(C)C)C2. The maximum absolute atomic E-state index is 2.41. The molecule has 0 amide bonds. The number of rotatable bonds is 2. The molecule has 2 saturated carbocycles. The van der Waals surface area contributed by atoms with Gasteiger partial charge in [-0.25, -0.2) is 0 Å². The summed E-state index contributed by atoms with van der Waals surface area (Å²) in [5.74, 6) is 2.33. The molecule has 0 saturated heterocycles. The first kappa shape index (κ1) is 13.8. The zero-order valence-electron chi connectivity index (χ0n) is 12.6. The fourth-order valence-electron chi connectivity index (χ4n) is 3.32. The number of hydrogen-bond donors (Lipinski definition) is 0. The molecule has 0 aromatic carbocycles. The predicted molar refractivity (Wildman–Crippen MR) is 79.5 cm³/mol. The molecule has 2 aliphatic rings. The van der Waals surface area contributed by atoms with Gasteiger partial charge in [0.1, 0.15) is 0 Å². The maximum atomic E-state index is 2.41. The van der Waals surface area contributed by atoms with Crippen molar-refractivity contribution in [3.8, 4) is 0 Å². The lowest BCUT2D eigenvalue weighted by Crippen LogP contribution is -2.52. The van der Waals surface area contributed by atoms with Gasteiger partial charge < -0.3 is 0 Å². The molecule has 0 atom stereocenters. The molecule has 0 aliphatic heterocycles. The summed E-state index contributed by atoms with van der Waals surface area (Å²) in [6.07, 6.45) is 6.06. The minimum absolute atomic E-state index is 0.501. The Morgan fingerprint density at radius 1 is 0.941 bits per heavy atom. The molecule has 0 N–H and O–H groups in total. The van der Waals surface area contributed by atoms with Crippen molar-refractivity contribution in [3.05, 3.63) is 0 Å². The Bertz CT molecular complexity index is 265. The highest BCUT2D eigenvalue weighted by atomic mass is 32.2. The Morgan fingerprint density at radius 3 is 1.88 bits per heavy atom. The van der Waals surface area contributed by atoms with Gasteiger partial charge in [0.15, 0.2) is 0 Å². The van der Waals surface area contributed by atoms with Crippen LogP contribution in [0.15, 0.2) is 0 Å². The Kier molecular flexibility index (Phi) is 3.39. The normalized spacial score (nSPS) is 37.8. The molecular formula is C16H30S. The first-order valence-electron chi connectivity index (χ1n) is 7.21. The van der Waals surface area contributed by atoms with Crippen LogP contribution in [0, 0.1) is 22.2 Å². The zero-order chi connectivity index (χ0) is 12.9. The third-order valence-corrected chi connectivity index (χ3v) is 6.49. The molecule has 0 aromatic rings. The quantitative estimate of drug-likeness (QED) is 0.638. The summed E-state index contributed by atoms with van der Waals surface area (Å²) in [4.78, 5) is 0. The van der Waals surface area contributed by atoms with E-state index in [1.807, 2.05) is 0 Å². The van der Waals surface area contributed by atoms with E-state index >= 15 is 0 Å². The van der Waals surface area contributed by atoms with Crippen molar-refractivity contribution in [3.63, 3.8) is 0 Å².